The van der Waals surface area contributed by atoms with E-state index in [-0.39, 0.29) is 29.5 Å². The second-order valence-electron chi connectivity index (χ2n) is 7.56. The van der Waals surface area contributed by atoms with Crippen LogP contribution >= 0.6 is 15.9 Å². The summed E-state index contributed by atoms with van der Waals surface area (Å²) < 4.78 is 17.2. The third-order valence-corrected chi connectivity index (χ3v) is 5.39. The van der Waals surface area contributed by atoms with Crippen LogP contribution in [0.1, 0.15) is 41.8 Å². The van der Waals surface area contributed by atoms with Crippen molar-refractivity contribution in [1.82, 2.24) is 5.32 Å². The molecule has 0 saturated carbocycles. The molecule has 0 aliphatic carbocycles. The van der Waals surface area contributed by atoms with E-state index in [0.717, 1.165) is 22.0 Å². The van der Waals surface area contributed by atoms with Crippen molar-refractivity contribution in [3.63, 3.8) is 0 Å². The minimum absolute atomic E-state index is 0.0633. The zero-order chi connectivity index (χ0) is 23.4. The predicted molar refractivity (Wildman–Crippen MR) is 124 cm³/mol. The summed E-state index contributed by atoms with van der Waals surface area (Å²) in [6, 6.07) is 9.81. The Balaban J connectivity index is 1.72. The first-order chi connectivity index (χ1) is 15.2. The Bertz CT molecular complexity index is 1210. The van der Waals surface area contributed by atoms with E-state index in [1.807, 2.05) is 39.8 Å². The van der Waals surface area contributed by atoms with Crippen molar-refractivity contribution in [2.75, 3.05) is 6.61 Å². The lowest BCUT2D eigenvalue weighted by Crippen LogP contribution is -2.34. The van der Waals surface area contributed by atoms with Crippen molar-refractivity contribution < 1.29 is 23.5 Å². The van der Waals surface area contributed by atoms with Gasteiger partial charge < -0.3 is 19.2 Å². The van der Waals surface area contributed by atoms with E-state index in [1.54, 1.807) is 12.1 Å². The average molecular weight is 502 g/mol. The summed E-state index contributed by atoms with van der Waals surface area (Å²) >= 11 is 3.42. The molecule has 1 aromatic heterocycles. The molecule has 0 spiro atoms. The van der Waals surface area contributed by atoms with Gasteiger partial charge in [0, 0.05) is 22.0 Å². The quantitative estimate of drug-likeness (QED) is 0.286. The SMILES string of the molecule is CCC(C)NC(=O)c1cc2ccc(OC(=O)COc3c(C)cc(Br)cc3C)cc2oc1=O. The molecular formula is C24H24BrNO6. The summed E-state index contributed by atoms with van der Waals surface area (Å²) in [6.45, 7) is 7.29. The fraction of sp³-hybridized carbons (Fsp3) is 0.292. The van der Waals surface area contributed by atoms with Crippen molar-refractivity contribution in [2.45, 2.75) is 40.2 Å². The zero-order valence-corrected chi connectivity index (χ0v) is 19.9. The van der Waals surface area contributed by atoms with Crippen LogP contribution in [-0.4, -0.2) is 24.5 Å². The minimum Gasteiger partial charge on any atom is -0.481 e. The second-order valence-corrected chi connectivity index (χ2v) is 8.48. The first-order valence-electron chi connectivity index (χ1n) is 10.2. The maximum atomic E-state index is 12.3. The Morgan fingerprint density at radius 1 is 1.12 bits per heavy atom. The Labute approximate surface area is 193 Å². The van der Waals surface area contributed by atoms with Crippen molar-refractivity contribution in [3.05, 3.63) is 68.0 Å². The standard InChI is InChI=1S/C24H24BrNO6/c1-5-15(4)26-23(28)19-10-16-6-7-18(11-20(16)32-24(19)29)31-21(27)12-30-22-13(2)8-17(25)9-14(22)3/h6-11,15H,5,12H2,1-4H3,(H,26,28). The number of fused-ring (bicyclic) bond motifs is 1. The van der Waals surface area contributed by atoms with Crippen LogP contribution in [0.4, 0.5) is 0 Å². The molecule has 1 unspecified atom stereocenters. The van der Waals surface area contributed by atoms with Crippen molar-refractivity contribution in [2.24, 2.45) is 0 Å². The number of carbonyl (C=O) groups excluding carboxylic acids is 2. The van der Waals surface area contributed by atoms with E-state index in [2.05, 4.69) is 21.2 Å². The first kappa shape index (κ1) is 23.5. The Hall–Kier alpha value is -3.13. The van der Waals surface area contributed by atoms with Crippen LogP contribution in [0.25, 0.3) is 11.0 Å². The molecule has 3 aromatic rings. The van der Waals surface area contributed by atoms with Crippen molar-refractivity contribution in [3.8, 4) is 11.5 Å². The highest BCUT2D eigenvalue weighted by Gasteiger charge is 2.16. The number of carbonyl (C=O) groups is 2. The molecular weight excluding hydrogens is 478 g/mol. The molecule has 1 N–H and O–H groups in total. The highest BCUT2D eigenvalue weighted by Crippen LogP contribution is 2.27. The monoisotopic (exact) mass is 501 g/mol. The molecule has 2 aromatic carbocycles. The Morgan fingerprint density at radius 2 is 1.81 bits per heavy atom. The topological polar surface area (TPSA) is 94.8 Å². The van der Waals surface area contributed by atoms with Crippen molar-refractivity contribution in [1.29, 1.82) is 0 Å². The number of rotatable bonds is 7. The van der Waals surface area contributed by atoms with Gasteiger partial charge in [0.25, 0.3) is 5.91 Å². The Kier molecular flexibility index (Phi) is 7.35. The van der Waals surface area contributed by atoms with E-state index in [9.17, 15) is 14.4 Å². The first-order valence-corrected chi connectivity index (χ1v) is 11.0. The molecule has 8 heteroatoms. The summed E-state index contributed by atoms with van der Waals surface area (Å²) in [4.78, 5) is 36.8. The van der Waals surface area contributed by atoms with Crippen LogP contribution in [0, 0.1) is 13.8 Å². The number of amides is 1. The van der Waals surface area contributed by atoms with Crippen molar-refractivity contribution >= 4 is 38.8 Å². The highest BCUT2D eigenvalue weighted by molar-refractivity contribution is 9.10. The molecule has 32 heavy (non-hydrogen) atoms. The van der Waals surface area contributed by atoms with Crippen LogP contribution in [0.5, 0.6) is 11.5 Å². The molecule has 0 fully saturated rings. The number of aryl methyl sites for hydroxylation is 2. The van der Waals surface area contributed by atoms with Crippen LogP contribution in [0.3, 0.4) is 0 Å². The highest BCUT2D eigenvalue weighted by atomic mass is 79.9. The number of hydrogen-bond acceptors (Lipinski definition) is 6. The van der Waals surface area contributed by atoms with Gasteiger partial charge in [-0.15, -0.1) is 0 Å². The lowest BCUT2D eigenvalue weighted by Gasteiger charge is -2.12. The summed E-state index contributed by atoms with van der Waals surface area (Å²) in [5.41, 5.74) is 1.17. The zero-order valence-electron chi connectivity index (χ0n) is 18.3. The average Bonchev–Trinajstić information content (AvgIpc) is 2.72. The maximum absolute atomic E-state index is 12.3. The van der Waals surface area contributed by atoms with Gasteiger partial charge in [0.15, 0.2) is 6.61 Å². The molecule has 1 atom stereocenters. The molecule has 0 radical (unpaired) electrons. The third-order valence-electron chi connectivity index (χ3n) is 4.93. The van der Waals surface area contributed by atoms with Crippen LogP contribution in [0.15, 0.2) is 50.1 Å². The lowest BCUT2D eigenvalue weighted by atomic mass is 10.1. The van der Waals surface area contributed by atoms with Gasteiger partial charge in [0.05, 0.1) is 0 Å². The molecule has 168 valence electrons. The molecule has 0 aliphatic rings. The van der Waals surface area contributed by atoms with Gasteiger partial charge in [0.1, 0.15) is 22.6 Å². The molecule has 7 nitrogen and oxygen atoms in total. The second kappa shape index (κ2) is 9.99. The van der Waals surface area contributed by atoms with Crippen LogP contribution in [-0.2, 0) is 4.79 Å². The largest absolute Gasteiger partial charge is 0.481 e. The summed E-state index contributed by atoms with van der Waals surface area (Å²) in [5.74, 6) is -0.257. The van der Waals surface area contributed by atoms with Gasteiger partial charge in [-0.3, -0.25) is 4.79 Å². The van der Waals surface area contributed by atoms with Gasteiger partial charge in [-0.05, 0) is 68.7 Å². The number of benzene rings is 2. The smallest absolute Gasteiger partial charge is 0.349 e. The molecule has 1 amide bonds. The van der Waals surface area contributed by atoms with Crippen LogP contribution < -0.4 is 20.4 Å². The number of esters is 1. The lowest BCUT2D eigenvalue weighted by molar-refractivity contribution is -0.136. The van der Waals surface area contributed by atoms with E-state index in [4.69, 9.17) is 13.9 Å². The van der Waals surface area contributed by atoms with E-state index < -0.39 is 17.5 Å². The number of hydrogen-bond donors (Lipinski definition) is 1. The Morgan fingerprint density at radius 3 is 2.47 bits per heavy atom. The minimum atomic E-state index is -0.758. The van der Waals surface area contributed by atoms with Crippen LogP contribution in [0.2, 0.25) is 0 Å². The number of nitrogens with one attached hydrogen (secondary N) is 1. The van der Waals surface area contributed by atoms with E-state index in [0.29, 0.717) is 11.1 Å². The van der Waals surface area contributed by atoms with E-state index >= 15 is 0 Å². The summed E-state index contributed by atoms with van der Waals surface area (Å²) in [5, 5.41) is 3.28. The normalized spacial score (nSPS) is 11.8. The number of ether oxygens (including phenoxy) is 2. The maximum Gasteiger partial charge on any atom is 0.349 e. The fourth-order valence-electron chi connectivity index (χ4n) is 3.13. The number of halogens is 1. The molecule has 0 aliphatic heterocycles. The molecule has 3 rings (SSSR count). The molecule has 0 bridgehead atoms. The van der Waals surface area contributed by atoms with Gasteiger partial charge in [-0.2, -0.15) is 0 Å². The summed E-state index contributed by atoms with van der Waals surface area (Å²) in [7, 11) is 0. The molecule has 1 heterocycles. The predicted octanol–water partition coefficient (Wildman–Crippen LogP) is 4.69. The summed E-state index contributed by atoms with van der Waals surface area (Å²) in [6.07, 6.45) is 0.740. The van der Waals surface area contributed by atoms with Gasteiger partial charge in [0.2, 0.25) is 0 Å². The fourth-order valence-corrected chi connectivity index (χ4v) is 3.82. The van der Waals surface area contributed by atoms with Gasteiger partial charge >= 0.3 is 11.6 Å². The van der Waals surface area contributed by atoms with Gasteiger partial charge in [-0.25, -0.2) is 9.59 Å². The van der Waals surface area contributed by atoms with Gasteiger partial charge in [-0.1, -0.05) is 22.9 Å². The molecule has 0 saturated heterocycles. The van der Waals surface area contributed by atoms with E-state index in [1.165, 1.54) is 12.1 Å². The third kappa shape index (κ3) is 5.56.